The van der Waals surface area contributed by atoms with Crippen molar-refractivity contribution in [3.8, 4) is 22.8 Å². The molecule has 3 aromatic heterocycles. The van der Waals surface area contributed by atoms with Crippen LogP contribution in [0, 0.1) is 13.8 Å². The van der Waals surface area contributed by atoms with Crippen molar-refractivity contribution in [2.45, 2.75) is 13.8 Å². The summed E-state index contributed by atoms with van der Waals surface area (Å²) in [5.41, 5.74) is 4.73. The Kier molecular flexibility index (Phi) is 4.41. The first kappa shape index (κ1) is 17.3. The fourth-order valence-electron chi connectivity index (χ4n) is 2.91. The number of aromatic nitrogens is 2. The van der Waals surface area contributed by atoms with Gasteiger partial charge in [0.15, 0.2) is 17.3 Å². The van der Waals surface area contributed by atoms with Crippen LogP contribution >= 0.6 is 11.3 Å². The minimum absolute atomic E-state index is 0.0973. The highest BCUT2D eigenvalue weighted by Gasteiger charge is 2.15. The molecule has 0 bridgehead atoms. The van der Waals surface area contributed by atoms with E-state index in [0.29, 0.717) is 5.75 Å². The smallest absolute Gasteiger partial charge is 0.165 e. The SMILES string of the molecule is COc1cc(-c2nc3cc(C)ccn3c2/N=C/c2sccc2C)ccc1O. The van der Waals surface area contributed by atoms with Gasteiger partial charge in [-0.05, 0) is 66.8 Å². The molecular weight excluding hydrogens is 358 g/mol. The summed E-state index contributed by atoms with van der Waals surface area (Å²) in [6.45, 7) is 4.11. The van der Waals surface area contributed by atoms with Gasteiger partial charge in [0.2, 0.25) is 0 Å². The van der Waals surface area contributed by atoms with E-state index in [1.165, 1.54) is 12.7 Å². The van der Waals surface area contributed by atoms with E-state index in [2.05, 4.69) is 18.4 Å². The van der Waals surface area contributed by atoms with E-state index in [4.69, 9.17) is 14.7 Å². The van der Waals surface area contributed by atoms with E-state index in [1.807, 2.05) is 41.9 Å². The molecule has 0 aliphatic rings. The van der Waals surface area contributed by atoms with Crippen molar-refractivity contribution in [1.82, 2.24) is 9.38 Å². The largest absolute Gasteiger partial charge is 0.504 e. The minimum atomic E-state index is 0.0973. The highest BCUT2D eigenvalue weighted by atomic mass is 32.1. The van der Waals surface area contributed by atoms with Crippen LogP contribution in [0.25, 0.3) is 16.9 Å². The van der Waals surface area contributed by atoms with Crippen LogP contribution in [0.3, 0.4) is 0 Å². The van der Waals surface area contributed by atoms with Crippen molar-refractivity contribution in [3.05, 3.63) is 64.0 Å². The quantitative estimate of drug-likeness (QED) is 0.501. The Labute approximate surface area is 161 Å². The van der Waals surface area contributed by atoms with Gasteiger partial charge in [0.25, 0.3) is 0 Å². The number of fused-ring (bicyclic) bond motifs is 1. The number of phenols is 1. The predicted octanol–water partition coefficient (Wildman–Crippen LogP) is 5.14. The number of methoxy groups -OCH3 is 1. The number of benzene rings is 1. The topological polar surface area (TPSA) is 59.1 Å². The zero-order valence-electron chi connectivity index (χ0n) is 15.3. The lowest BCUT2D eigenvalue weighted by atomic mass is 10.1. The summed E-state index contributed by atoms with van der Waals surface area (Å²) >= 11 is 1.66. The number of phenolic OH excluding ortho intramolecular Hbond substituents is 1. The van der Waals surface area contributed by atoms with Crippen molar-refractivity contribution < 1.29 is 9.84 Å². The monoisotopic (exact) mass is 377 g/mol. The summed E-state index contributed by atoms with van der Waals surface area (Å²) in [6.07, 6.45) is 3.86. The molecule has 4 aromatic rings. The van der Waals surface area contributed by atoms with E-state index in [1.54, 1.807) is 23.5 Å². The number of imidazole rings is 1. The first-order valence-electron chi connectivity index (χ1n) is 8.51. The highest BCUT2D eigenvalue weighted by molar-refractivity contribution is 7.11. The number of nitrogens with zero attached hydrogens (tertiary/aromatic N) is 3. The fourth-order valence-corrected chi connectivity index (χ4v) is 3.70. The van der Waals surface area contributed by atoms with Gasteiger partial charge in [0.05, 0.1) is 7.11 Å². The second-order valence-electron chi connectivity index (χ2n) is 6.33. The number of rotatable bonds is 4. The van der Waals surface area contributed by atoms with Gasteiger partial charge in [-0.2, -0.15) is 0 Å². The van der Waals surface area contributed by atoms with Crippen LogP contribution < -0.4 is 4.74 Å². The van der Waals surface area contributed by atoms with Gasteiger partial charge in [-0.25, -0.2) is 9.98 Å². The molecule has 136 valence electrons. The first-order valence-corrected chi connectivity index (χ1v) is 9.39. The van der Waals surface area contributed by atoms with E-state index in [9.17, 15) is 5.11 Å². The third-order valence-corrected chi connectivity index (χ3v) is 5.37. The number of hydrogen-bond acceptors (Lipinski definition) is 5. The molecule has 5 nitrogen and oxygen atoms in total. The number of aryl methyl sites for hydroxylation is 2. The lowest BCUT2D eigenvalue weighted by molar-refractivity contribution is 0.373. The van der Waals surface area contributed by atoms with Gasteiger partial charge < -0.3 is 9.84 Å². The highest BCUT2D eigenvalue weighted by Crippen LogP contribution is 2.36. The summed E-state index contributed by atoms with van der Waals surface area (Å²) < 4.78 is 7.23. The van der Waals surface area contributed by atoms with E-state index >= 15 is 0 Å². The molecule has 0 amide bonds. The minimum Gasteiger partial charge on any atom is -0.504 e. The summed E-state index contributed by atoms with van der Waals surface area (Å²) in [6, 6.07) is 11.3. The molecular formula is C21H19N3O2S. The second kappa shape index (κ2) is 6.89. The molecule has 1 aromatic carbocycles. The normalized spacial score (nSPS) is 11.5. The van der Waals surface area contributed by atoms with Crippen LogP contribution in [0.2, 0.25) is 0 Å². The maximum absolute atomic E-state index is 9.91. The molecule has 0 spiro atoms. The lowest BCUT2D eigenvalue weighted by Crippen LogP contribution is -1.87. The maximum atomic E-state index is 9.91. The van der Waals surface area contributed by atoms with Crippen molar-refractivity contribution in [2.24, 2.45) is 4.99 Å². The molecule has 0 fully saturated rings. The summed E-state index contributed by atoms with van der Waals surface area (Å²) in [4.78, 5) is 10.7. The van der Waals surface area contributed by atoms with Gasteiger partial charge in [-0.1, -0.05) is 0 Å². The van der Waals surface area contributed by atoms with Crippen molar-refractivity contribution in [2.75, 3.05) is 7.11 Å². The van der Waals surface area contributed by atoms with Crippen LogP contribution in [0.4, 0.5) is 5.82 Å². The Morgan fingerprint density at radius 2 is 2.04 bits per heavy atom. The van der Waals surface area contributed by atoms with Gasteiger partial charge in [0.1, 0.15) is 11.3 Å². The molecule has 0 aliphatic heterocycles. The van der Waals surface area contributed by atoms with Crippen LogP contribution in [0.15, 0.2) is 53.0 Å². The first-order chi connectivity index (χ1) is 13.1. The van der Waals surface area contributed by atoms with Crippen LogP contribution in [0.1, 0.15) is 16.0 Å². The predicted molar refractivity (Wildman–Crippen MR) is 110 cm³/mol. The van der Waals surface area contributed by atoms with Gasteiger partial charge in [-0.3, -0.25) is 4.40 Å². The maximum Gasteiger partial charge on any atom is 0.165 e. The summed E-state index contributed by atoms with van der Waals surface area (Å²) in [5, 5.41) is 12.0. The van der Waals surface area contributed by atoms with Gasteiger partial charge in [-0.15, -0.1) is 11.3 Å². The molecule has 0 atom stereocenters. The molecule has 4 rings (SSSR count). The number of thiophene rings is 1. The molecule has 3 heterocycles. The fraction of sp³-hybridized carbons (Fsp3) is 0.143. The number of hydrogen-bond donors (Lipinski definition) is 1. The second-order valence-corrected chi connectivity index (χ2v) is 7.28. The van der Waals surface area contributed by atoms with Crippen LogP contribution in [-0.4, -0.2) is 27.8 Å². The van der Waals surface area contributed by atoms with Crippen molar-refractivity contribution in [1.29, 1.82) is 0 Å². The summed E-state index contributed by atoms with van der Waals surface area (Å²) in [5.74, 6) is 1.25. The number of pyridine rings is 1. The van der Waals surface area contributed by atoms with E-state index in [0.717, 1.165) is 33.2 Å². The molecule has 0 unspecified atom stereocenters. The zero-order chi connectivity index (χ0) is 19.0. The molecule has 1 N–H and O–H groups in total. The summed E-state index contributed by atoms with van der Waals surface area (Å²) in [7, 11) is 1.53. The third-order valence-electron chi connectivity index (χ3n) is 4.42. The van der Waals surface area contributed by atoms with Crippen LogP contribution in [0.5, 0.6) is 11.5 Å². The van der Waals surface area contributed by atoms with Crippen molar-refractivity contribution in [3.63, 3.8) is 0 Å². The Morgan fingerprint density at radius 1 is 1.19 bits per heavy atom. The molecule has 6 heteroatoms. The van der Waals surface area contributed by atoms with Gasteiger partial charge in [0, 0.05) is 22.9 Å². The van der Waals surface area contributed by atoms with E-state index < -0.39 is 0 Å². The Bertz CT molecular complexity index is 1160. The molecule has 27 heavy (non-hydrogen) atoms. The third kappa shape index (κ3) is 3.19. The molecule has 0 saturated carbocycles. The van der Waals surface area contributed by atoms with Gasteiger partial charge >= 0.3 is 0 Å². The average Bonchev–Trinajstić information content (AvgIpc) is 3.23. The average molecular weight is 377 g/mol. The number of aromatic hydroxyl groups is 1. The Hall–Kier alpha value is -3.12. The number of aliphatic imine (C=N–C) groups is 1. The zero-order valence-corrected chi connectivity index (χ0v) is 16.1. The Morgan fingerprint density at radius 3 is 2.78 bits per heavy atom. The Balaban J connectivity index is 1.91. The van der Waals surface area contributed by atoms with Crippen LogP contribution in [-0.2, 0) is 0 Å². The lowest BCUT2D eigenvalue weighted by Gasteiger charge is -2.06. The molecule has 0 aliphatic carbocycles. The molecule has 0 radical (unpaired) electrons. The standard InChI is InChI=1S/C21H19N3O2S/c1-13-6-8-24-19(10-13)23-20(15-4-5-16(25)17(11-15)26-3)21(24)22-12-18-14(2)7-9-27-18/h4-12,25H,1-3H3/b22-12+. The molecule has 0 saturated heterocycles. The van der Waals surface area contributed by atoms with Crippen molar-refractivity contribution >= 4 is 29.0 Å². The van der Waals surface area contributed by atoms with E-state index in [-0.39, 0.29) is 5.75 Å². The number of ether oxygens (including phenoxy) is 1.